The molecule has 0 N–H and O–H groups in total. The maximum absolute atomic E-state index is 13.2. The molecule has 90 valence electrons. The molecule has 0 aliphatic heterocycles. The third-order valence-corrected chi connectivity index (χ3v) is 2.11. The highest BCUT2D eigenvalue weighted by atomic mass is 19.1. The van der Waals surface area contributed by atoms with Crippen molar-refractivity contribution in [3.05, 3.63) is 47.6 Å². The second kappa shape index (κ2) is 5.45. The zero-order chi connectivity index (χ0) is 12.1. The highest BCUT2D eigenvalue weighted by Gasteiger charge is 2.06. The van der Waals surface area contributed by atoms with Crippen LogP contribution in [0.1, 0.15) is 11.5 Å². The van der Waals surface area contributed by atoms with Gasteiger partial charge in [0.05, 0.1) is 0 Å². The summed E-state index contributed by atoms with van der Waals surface area (Å²) in [5, 5.41) is 3.78. The fourth-order valence-electron chi connectivity index (χ4n) is 1.35. The van der Waals surface area contributed by atoms with Gasteiger partial charge in [0.15, 0.2) is 17.3 Å². The average Bonchev–Trinajstić information content (AvgIpc) is 2.76. The summed E-state index contributed by atoms with van der Waals surface area (Å²) >= 11 is 0. The minimum atomic E-state index is -0.395. The van der Waals surface area contributed by atoms with Gasteiger partial charge < -0.3 is 14.0 Å². The van der Waals surface area contributed by atoms with Crippen molar-refractivity contribution in [1.29, 1.82) is 0 Å². The number of rotatable bonds is 5. The highest BCUT2D eigenvalue weighted by Crippen LogP contribution is 2.17. The first-order valence-corrected chi connectivity index (χ1v) is 5.10. The summed E-state index contributed by atoms with van der Waals surface area (Å²) in [6, 6.07) is 7.93. The first-order chi connectivity index (χ1) is 8.29. The molecule has 5 heteroatoms. The van der Waals surface area contributed by atoms with Crippen LogP contribution >= 0.6 is 0 Å². The third-order valence-electron chi connectivity index (χ3n) is 2.11. The van der Waals surface area contributed by atoms with Gasteiger partial charge in [-0.1, -0.05) is 17.3 Å². The number of para-hydroxylation sites is 1. The van der Waals surface area contributed by atoms with E-state index < -0.39 is 5.82 Å². The maximum atomic E-state index is 13.2. The van der Waals surface area contributed by atoms with Crippen molar-refractivity contribution < 1.29 is 18.4 Å². The van der Waals surface area contributed by atoms with Crippen LogP contribution in [0, 0.1) is 5.82 Å². The van der Waals surface area contributed by atoms with E-state index in [1.165, 1.54) is 6.07 Å². The fraction of sp³-hybridized carbons (Fsp3) is 0.250. The Balaban J connectivity index is 1.95. The largest absolute Gasteiger partial charge is 0.484 e. The van der Waals surface area contributed by atoms with Crippen molar-refractivity contribution in [2.45, 2.75) is 13.2 Å². The van der Waals surface area contributed by atoms with Crippen molar-refractivity contribution in [3.8, 4) is 5.75 Å². The van der Waals surface area contributed by atoms with Crippen LogP contribution < -0.4 is 4.74 Å². The summed E-state index contributed by atoms with van der Waals surface area (Å²) in [4.78, 5) is 0. The Bertz CT molecular complexity index is 484. The highest BCUT2D eigenvalue weighted by molar-refractivity contribution is 5.23. The summed E-state index contributed by atoms with van der Waals surface area (Å²) in [6.45, 7) is 0.515. The van der Waals surface area contributed by atoms with Gasteiger partial charge in [0.1, 0.15) is 18.9 Å². The molecule has 0 saturated heterocycles. The molecule has 0 unspecified atom stereocenters. The van der Waals surface area contributed by atoms with E-state index in [0.29, 0.717) is 18.1 Å². The summed E-state index contributed by atoms with van der Waals surface area (Å²) in [5.74, 6) is 0.413. The summed E-state index contributed by atoms with van der Waals surface area (Å²) in [7, 11) is 1.57. The number of benzene rings is 1. The van der Waals surface area contributed by atoms with Gasteiger partial charge in [-0.25, -0.2) is 4.39 Å². The zero-order valence-corrected chi connectivity index (χ0v) is 9.35. The van der Waals surface area contributed by atoms with E-state index >= 15 is 0 Å². The zero-order valence-electron chi connectivity index (χ0n) is 9.35. The SMILES string of the molecule is COCc1cc(COc2ccccc2F)no1. The Morgan fingerprint density at radius 1 is 1.29 bits per heavy atom. The predicted octanol–water partition coefficient (Wildman–Crippen LogP) is 2.54. The molecule has 1 aromatic carbocycles. The molecule has 0 bridgehead atoms. The molecule has 2 aromatic rings. The lowest BCUT2D eigenvalue weighted by Gasteiger charge is -2.03. The second-order valence-corrected chi connectivity index (χ2v) is 3.44. The molecule has 0 aliphatic carbocycles. The molecule has 4 nitrogen and oxygen atoms in total. The van der Waals surface area contributed by atoms with Crippen molar-refractivity contribution in [2.24, 2.45) is 0 Å². The lowest BCUT2D eigenvalue weighted by atomic mass is 10.3. The van der Waals surface area contributed by atoms with E-state index in [2.05, 4.69) is 5.16 Å². The van der Waals surface area contributed by atoms with Crippen molar-refractivity contribution in [3.63, 3.8) is 0 Å². The second-order valence-electron chi connectivity index (χ2n) is 3.44. The van der Waals surface area contributed by atoms with Gasteiger partial charge >= 0.3 is 0 Å². The number of hydrogen-bond acceptors (Lipinski definition) is 4. The Kier molecular flexibility index (Phi) is 3.72. The molecule has 0 fully saturated rings. The first kappa shape index (κ1) is 11.6. The summed E-state index contributed by atoms with van der Waals surface area (Å²) in [5.41, 5.74) is 0.598. The van der Waals surface area contributed by atoms with Gasteiger partial charge in [-0.3, -0.25) is 0 Å². The molecule has 0 spiro atoms. The lowest BCUT2D eigenvalue weighted by Crippen LogP contribution is -1.97. The van der Waals surface area contributed by atoms with Gasteiger partial charge in [0.2, 0.25) is 0 Å². The first-order valence-electron chi connectivity index (χ1n) is 5.10. The van der Waals surface area contributed by atoms with Crippen molar-refractivity contribution in [1.82, 2.24) is 5.16 Å². The average molecular weight is 237 g/mol. The lowest BCUT2D eigenvalue weighted by molar-refractivity contribution is 0.155. The van der Waals surface area contributed by atoms with Crippen molar-refractivity contribution >= 4 is 0 Å². The van der Waals surface area contributed by atoms with Crippen LogP contribution in [0.2, 0.25) is 0 Å². The van der Waals surface area contributed by atoms with E-state index in [4.69, 9.17) is 14.0 Å². The Labute approximate surface area is 97.9 Å². The number of hydrogen-bond donors (Lipinski definition) is 0. The Hall–Kier alpha value is -1.88. The van der Waals surface area contributed by atoms with Gasteiger partial charge in [-0.2, -0.15) is 0 Å². The van der Waals surface area contributed by atoms with Crippen LogP contribution in [-0.4, -0.2) is 12.3 Å². The molecule has 0 saturated carbocycles. The third kappa shape index (κ3) is 3.04. The van der Waals surface area contributed by atoms with Crippen LogP contribution in [0.3, 0.4) is 0 Å². The number of aromatic nitrogens is 1. The minimum Gasteiger partial charge on any atom is -0.484 e. The van der Waals surface area contributed by atoms with Gasteiger partial charge in [-0.05, 0) is 12.1 Å². The molecular formula is C12H12FNO3. The van der Waals surface area contributed by atoms with Crippen LogP contribution in [-0.2, 0) is 18.0 Å². The minimum absolute atomic E-state index is 0.161. The van der Waals surface area contributed by atoms with E-state index in [1.807, 2.05) is 0 Å². The van der Waals surface area contributed by atoms with Crippen LogP contribution in [0.5, 0.6) is 5.75 Å². The van der Waals surface area contributed by atoms with Crippen LogP contribution in [0.25, 0.3) is 0 Å². The standard InChI is InChI=1S/C12H12FNO3/c1-15-8-10-6-9(14-17-10)7-16-12-5-3-2-4-11(12)13/h2-6H,7-8H2,1H3. The molecule has 0 aliphatic rings. The Morgan fingerprint density at radius 2 is 2.12 bits per heavy atom. The van der Waals surface area contributed by atoms with E-state index in [0.717, 1.165) is 0 Å². The monoisotopic (exact) mass is 237 g/mol. The van der Waals surface area contributed by atoms with Crippen molar-refractivity contribution in [2.75, 3.05) is 7.11 Å². The smallest absolute Gasteiger partial charge is 0.165 e. The predicted molar refractivity (Wildman–Crippen MR) is 57.9 cm³/mol. The molecular weight excluding hydrogens is 225 g/mol. The van der Waals surface area contributed by atoms with Gasteiger partial charge in [0.25, 0.3) is 0 Å². The normalized spacial score (nSPS) is 10.5. The molecule has 1 heterocycles. The van der Waals surface area contributed by atoms with Crippen LogP contribution in [0.15, 0.2) is 34.9 Å². The molecule has 1 aromatic heterocycles. The van der Waals surface area contributed by atoms with E-state index in [1.54, 1.807) is 31.4 Å². The van der Waals surface area contributed by atoms with E-state index in [-0.39, 0.29) is 12.4 Å². The summed E-state index contributed by atoms with van der Waals surface area (Å²) in [6.07, 6.45) is 0. The molecule has 17 heavy (non-hydrogen) atoms. The quantitative estimate of drug-likeness (QED) is 0.801. The van der Waals surface area contributed by atoms with E-state index in [9.17, 15) is 4.39 Å². The molecule has 0 atom stereocenters. The summed E-state index contributed by atoms with van der Waals surface area (Å²) < 4.78 is 28.4. The number of ether oxygens (including phenoxy) is 2. The fourth-order valence-corrected chi connectivity index (χ4v) is 1.35. The van der Waals surface area contributed by atoms with Gasteiger partial charge in [-0.15, -0.1) is 0 Å². The maximum Gasteiger partial charge on any atom is 0.165 e. The topological polar surface area (TPSA) is 44.5 Å². The molecule has 0 amide bonds. The Morgan fingerprint density at radius 3 is 2.88 bits per heavy atom. The van der Waals surface area contributed by atoms with Crippen LogP contribution in [0.4, 0.5) is 4.39 Å². The molecule has 0 radical (unpaired) electrons. The number of halogens is 1. The van der Waals surface area contributed by atoms with Gasteiger partial charge in [0, 0.05) is 13.2 Å². The number of nitrogens with zero attached hydrogens (tertiary/aromatic N) is 1. The molecule has 2 rings (SSSR count). The number of methoxy groups -OCH3 is 1.